The molecule has 0 heterocycles. The van der Waals surface area contributed by atoms with Crippen LogP contribution in [0.4, 0.5) is 11.4 Å². The van der Waals surface area contributed by atoms with Gasteiger partial charge >= 0.3 is 0 Å². The molecule has 0 fully saturated rings. The number of halogens is 1. The molecule has 0 unspecified atom stereocenters. The zero-order chi connectivity index (χ0) is 15.2. The molecule has 2 aromatic rings. The quantitative estimate of drug-likeness (QED) is 0.741. The van der Waals surface area contributed by atoms with Crippen molar-refractivity contribution in [3.8, 4) is 5.75 Å². The predicted molar refractivity (Wildman–Crippen MR) is 82.4 cm³/mol. The number of amides is 1. The van der Waals surface area contributed by atoms with E-state index in [9.17, 15) is 9.90 Å². The van der Waals surface area contributed by atoms with E-state index in [2.05, 4.69) is 5.32 Å². The minimum Gasteiger partial charge on any atom is -0.483 e. The summed E-state index contributed by atoms with van der Waals surface area (Å²) in [6.07, 6.45) is 0. The molecule has 1 amide bonds. The van der Waals surface area contributed by atoms with Gasteiger partial charge in [0.05, 0.1) is 17.3 Å². The number of nitrogens with one attached hydrogen (secondary N) is 1. The molecule has 6 heteroatoms. The zero-order valence-corrected chi connectivity index (χ0v) is 11.9. The Kier molecular flexibility index (Phi) is 5.03. The number of nitrogen functional groups attached to an aromatic ring is 1. The van der Waals surface area contributed by atoms with E-state index in [-0.39, 0.29) is 19.1 Å². The minimum atomic E-state index is -0.366. The molecule has 0 saturated heterocycles. The van der Waals surface area contributed by atoms with Crippen molar-refractivity contribution >= 4 is 28.9 Å². The maximum Gasteiger partial charge on any atom is 0.262 e. The van der Waals surface area contributed by atoms with Crippen LogP contribution >= 0.6 is 11.6 Å². The third-order valence-corrected chi connectivity index (χ3v) is 3.10. The van der Waals surface area contributed by atoms with Gasteiger partial charge in [-0.15, -0.1) is 0 Å². The molecule has 0 aliphatic carbocycles. The summed E-state index contributed by atoms with van der Waals surface area (Å²) in [6, 6.07) is 11.8. The largest absolute Gasteiger partial charge is 0.483 e. The SMILES string of the molecule is Nc1ccc(Cl)c(NC(=O)COc2ccccc2CO)c1. The van der Waals surface area contributed by atoms with Crippen LogP contribution in [-0.2, 0) is 11.4 Å². The summed E-state index contributed by atoms with van der Waals surface area (Å²) >= 11 is 5.96. The number of carbonyl (C=O) groups is 1. The number of ether oxygens (including phenoxy) is 1. The van der Waals surface area contributed by atoms with Crippen molar-refractivity contribution in [2.75, 3.05) is 17.7 Å². The van der Waals surface area contributed by atoms with Gasteiger partial charge in [0.2, 0.25) is 0 Å². The van der Waals surface area contributed by atoms with Crippen LogP contribution in [0.5, 0.6) is 5.75 Å². The molecule has 2 aromatic carbocycles. The number of benzene rings is 2. The number of rotatable bonds is 5. The lowest BCUT2D eigenvalue weighted by Gasteiger charge is -2.11. The summed E-state index contributed by atoms with van der Waals surface area (Å²) in [5.41, 5.74) is 7.19. The van der Waals surface area contributed by atoms with Gasteiger partial charge in [0.15, 0.2) is 6.61 Å². The molecule has 0 saturated carbocycles. The zero-order valence-electron chi connectivity index (χ0n) is 11.2. The van der Waals surface area contributed by atoms with Crippen LogP contribution in [0, 0.1) is 0 Å². The maximum absolute atomic E-state index is 11.9. The second kappa shape index (κ2) is 6.97. The first-order valence-corrected chi connectivity index (χ1v) is 6.64. The van der Waals surface area contributed by atoms with Crippen molar-refractivity contribution in [2.45, 2.75) is 6.61 Å². The van der Waals surface area contributed by atoms with E-state index in [0.717, 1.165) is 0 Å². The van der Waals surface area contributed by atoms with Gasteiger partial charge in [-0.1, -0.05) is 29.8 Å². The highest BCUT2D eigenvalue weighted by Gasteiger charge is 2.08. The first-order valence-electron chi connectivity index (χ1n) is 6.26. The molecule has 0 aliphatic rings. The highest BCUT2D eigenvalue weighted by atomic mass is 35.5. The number of hydrogen-bond acceptors (Lipinski definition) is 4. The number of para-hydroxylation sites is 1. The van der Waals surface area contributed by atoms with Gasteiger partial charge in [-0.3, -0.25) is 4.79 Å². The Hall–Kier alpha value is -2.24. The van der Waals surface area contributed by atoms with Crippen LogP contribution in [-0.4, -0.2) is 17.6 Å². The molecule has 110 valence electrons. The molecular weight excluding hydrogens is 292 g/mol. The van der Waals surface area contributed by atoms with E-state index in [1.54, 1.807) is 42.5 Å². The van der Waals surface area contributed by atoms with Crippen LogP contribution in [0.15, 0.2) is 42.5 Å². The first-order chi connectivity index (χ1) is 10.1. The monoisotopic (exact) mass is 306 g/mol. The summed E-state index contributed by atoms with van der Waals surface area (Å²) in [5, 5.41) is 12.2. The average Bonchev–Trinajstić information content (AvgIpc) is 2.49. The number of aliphatic hydroxyl groups excluding tert-OH is 1. The van der Waals surface area contributed by atoms with Crippen molar-refractivity contribution < 1.29 is 14.6 Å². The number of nitrogens with two attached hydrogens (primary N) is 1. The molecular formula is C15H15ClN2O3. The van der Waals surface area contributed by atoms with E-state index < -0.39 is 0 Å². The highest BCUT2D eigenvalue weighted by Crippen LogP contribution is 2.24. The second-order valence-corrected chi connectivity index (χ2v) is 4.75. The lowest BCUT2D eigenvalue weighted by atomic mass is 10.2. The Bertz CT molecular complexity index is 647. The van der Waals surface area contributed by atoms with Crippen LogP contribution in [0.25, 0.3) is 0 Å². The average molecular weight is 307 g/mol. The summed E-state index contributed by atoms with van der Waals surface area (Å²) in [7, 11) is 0. The van der Waals surface area contributed by atoms with Gasteiger partial charge < -0.3 is 20.9 Å². The molecule has 4 N–H and O–H groups in total. The smallest absolute Gasteiger partial charge is 0.262 e. The van der Waals surface area contributed by atoms with Gasteiger partial charge in [0, 0.05) is 11.3 Å². The fourth-order valence-corrected chi connectivity index (χ4v) is 1.91. The van der Waals surface area contributed by atoms with Crippen molar-refractivity contribution in [1.82, 2.24) is 0 Å². The molecule has 0 aromatic heterocycles. The fraction of sp³-hybridized carbons (Fsp3) is 0.133. The van der Waals surface area contributed by atoms with Crippen LogP contribution < -0.4 is 15.8 Å². The number of hydrogen-bond donors (Lipinski definition) is 3. The van der Waals surface area contributed by atoms with Crippen molar-refractivity contribution in [3.63, 3.8) is 0 Å². The molecule has 21 heavy (non-hydrogen) atoms. The fourth-order valence-electron chi connectivity index (χ4n) is 1.74. The topological polar surface area (TPSA) is 84.6 Å². The Morgan fingerprint density at radius 1 is 1.29 bits per heavy atom. The van der Waals surface area contributed by atoms with Crippen LogP contribution in [0.2, 0.25) is 5.02 Å². The molecule has 0 aliphatic heterocycles. The van der Waals surface area contributed by atoms with Gasteiger partial charge in [-0.25, -0.2) is 0 Å². The highest BCUT2D eigenvalue weighted by molar-refractivity contribution is 6.33. The van der Waals surface area contributed by atoms with Gasteiger partial charge in [-0.05, 0) is 24.3 Å². The maximum atomic E-state index is 11.9. The lowest BCUT2D eigenvalue weighted by molar-refractivity contribution is -0.118. The Morgan fingerprint density at radius 2 is 2.05 bits per heavy atom. The van der Waals surface area contributed by atoms with Gasteiger partial charge in [0.25, 0.3) is 5.91 Å². The first kappa shape index (κ1) is 15.2. The molecule has 5 nitrogen and oxygen atoms in total. The third-order valence-electron chi connectivity index (χ3n) is 2.77. The van der Waals surface area contributed by atoms with Crippen molar-refractivity contribution in [1.29, 1.82) is 0 Å². The lowest BCUT2D eigenvalue weighted by Crippen LogP contribution is -2.20. The Balaban J connectivity index is 1.97. The second-order valence-electron chi connectivity index (χ2n) is 4.34. The third kappa shape index (κ3) is 4.11. The summed E-state index contributed by atoms with van der Waals surface area (Å²) in [5.74, 6) is 0.101. The van der Waals surface area contributed by atoms with Crippen molar-refractivity contribution in [3.05, 3.63) is 53.1 Å². The van der Waals surface area contributed by atoms with Crippen LogP contribution in [0.3, 0.4) is 0 Å². The molecule has 0 spiro atoms. The van der Waals surface area contributed by atoms with E-state index in [4.69, 9.17) is 22.1 Å². The van der Waals surface area contributed by atoms with Gasteiger partial charge in [-0.2, -0.15) is 0 Å². The summed E-state index contributed by atoms with van der Waals surface area (Å²) in [4.78, 5) is 11.9. The number of carbonyl (C=O) groups excluding carboxylic acids is 1. The molecule has 0 atom stereocenters. The van der Waals surface area contributed by atoms with E-state index in [1.165, 1.54) is 0 Å². The predicted octanol–water partition coefficient (Wildman–Crippen LogP) is 2.43. The Morgan fingerprint density at radius 3 is 2.81 bits per heavy atom. The van der Waals surface area contributed by atoms with E-state index >= 15 is 0 Å². The molecule has 0 radical (unpaired) electrons. The Labute approximate surface area is 127 Å². The van der Waals surface area contributed by atoms with Gasteiger partial charge in [0.1, 0.15) is 5.75 Å². The molecule has 2 rings (SSSR count). The van der Waals surface area contributed by atoms with E-state index in [1.807, 2.05) is 0 Å². The van der Waals surface area contributed by atoms with E-state index in [0.29, 0.717) is 27.7 Å². The van der Waals surface area contributed by atoms with Crippen molar-refractivity contribution in [2.24, 2.45) is 0 Å². The van der Waals surface area contributed by atoms with Crippen LogP contribution in [0.1, 0.15) is 5.56 Å². The molecule has 0 bridgehead atoms. The minimum absolute atomic E-state index is 0.154. The normalized spacial score (nSPS) is 10.2. The summed E-state index contributed by atoms with van der Waals surface area (Å²) in [6.45, 7) is -0.346. The summed E-state index contributed by atoms with van der Waals surface area (Å²) < 4.78 is 5.39. The number of aliphatic hydroxyl groups is 1. The standard InChI is InChI=1S/C15H15ClN2O3/c16-12-6-5-11(17)7-13(12)18-15(20)9-21-14-4-2-1-3-10(14)8-19/h1-7,19H,8-9,17H2,(H,18,20). The number of anilines is 2.